The van der Waals surface area contributed by atoms with E-state index >= 15 is 0 Å². The molecule has 2 unspecified atom stereocenters. The first-order chi connectivity index (χ1) is 6.77. The smallest absolute Gasteiger partial charge is 0.0718 e. The molecule has 2 heterocycles. The van der Waals surface area contributed by atoms with Crippen molar-refractivity contribution < 1.29 is 4.74 Å². The van der Waals surface area contributed by atoms with Gasteiger partial charge in [-0.15, -0.1) is 22.9 Å². The van der Waals surface area contributed by atoms with E-state index in [0.29, 0.717) is 6.10 Å². The summed E-state index contributed by atoms with van der Waals surface area (Å²) in [6.07, 6.45) is 3.50. The van der Waals surface area contributed by atoms with Crippen LogP contribution in [-0.4, -0.2) is 12.7 Å². The van der Waals surface area contributed by atoms with E-state index in [-0.39, 0.29) is 5.38 Å². The molecule has 0 amide bonds. The summed E-state index contributed by atoms with van der Waals surface area (Å²) in [6.45, 7) is 0.881. The van der Waals surface area contributed by atoms with E-state index in [1.54, 1.807) is 11.3 Å². The molecule has 0 bridgehead atoms. The minimum atomic E-state index is 0.00519. The molecule has 4 heteroatoms. The minimum Gasteiger partial charge on any atom is -0.378 e. The molecule has 0 spiro atoms. The van der Waals surface area contributed by atoms with Gasteiger partial charge in [-0.3, -0.25) is 0 Å². The van der Waals surface area contributed by atoms with Gasteiger partial charge in [0.15, 0.2) is 0 Å². The highest BCUT2D eigenvalue weighted by Crippen LogP contribution is 2.37. The number of ether oxygens (including phenoxy) is 1. The van der Waals surface area contributed by atoms with E-state index in [4.69, 9.17) is 27.9 Å². The minimum absolute atomic E-state index is 0.00519. The van der Waals surface area contributed by atoms with Gasteiger partial charge in [-0.25, -0.2) is 0 Å². The van der Waals surface area contributed by atoms with Crippen molar-refractivity contribution in [2.24, 2.45) is 0 Å². The fourth-order valence-electron chi connectivity index (χ4n) is 1.70. The average molecular weight is 251 g/mol. The monoisotopic (exact) mass is 250 g/mol. The number of thiophene rings is 1. The van der Waals surface area contributed by atoms with E-state index in [9.17, 15) is 0 Å². The normalized spacial score (nSPS) is 24.0. The van der Waals surface area contributed by atoms with Gasteiger partial charge in [-0.1, -0.05) is 11.6 Å². The van der Waals surface area contributed by atoms with Crippen LogP contribution in [-0.2, 0) is 4.74 Å². The molecule has 0 aliphatic carbocycles. The number of hydrogen-bond acceptors (Lipinski definition) is 2. The third-order valence-electron chi connectivity index (χ3n) is 2.42. The number of halogens is 2. The van der Waals surface area contributed by atoms with Crippen LogP contribution in [0.2, 0.25) is 5.02 Å². The van der Waals surface area contributed by atoms with E-state index in [0.717, 1.165) is 35.8 Å². The van der Waals surface area contributed by atoms with Gasteiger partial charge in [-0.2, -0.15) is 0 Å². The predicted octanol–water partition coefficient (Wildman–Crippen LogP) is 4.25. The summed E-state index contributed by atoms with van der Waals surface area (Å²) >= 11 is 13.9. The number of rotatable bonds is 3. The fourth-order valence-corrected chi connectivity index (χ4v) is 3.40. The van der Waals surface area contributed by atoms with E-state index < -0.39 is 0 Å². The third-order valence-corrected chi connectivity index (χ3v) is 4.42. The lowest BCUT2D eigenvalue weighted by Gasteiger charge is -2.13. The fraction of sp³-hybridized carbons (Fsp3) is 0.600. The SMILES string of the molecule is Clc1ccsc1C(Cl)CC1CCCO1. The molecule has 0 radical (unpaired) electrons. The van der Waals surface area contributed by atoms with Crippen molar-refractivity contribution in [3.63, 3.8) is 0 Å². The number of hydrogen-bond donors (Lipinski definition) is 0. The Balaban J connectivity index is 1.95. The molecule has 1 aliphatic heterocycles. The topological polar surface area (TPSA) is 9.23 Å². The molecule has 1 aliphatic rings. The Kier molecular flexibility index (Phi) is 3.72. The maximum absolute atomic E-state index is 6.28. The summed E-state index contributed by atoms with van der Waals surface area (Å²) in [7, 11) is 0. The zero-order chi connectivity index (χ0) is 9.97. The molecule has 14 heavy (non-hydrogen) atoms. The van der Waals surface area contributed by atoms with Crippen molar-refractivity contribution in [1.29, 1.82) is 0 Å². The highest BCUT2D eigenvalue weighted by Gasteiger charge is 2.22. The van der Waals surface area contributed by atoms with Gasteiger partial charge in [0.25, 0.3) is 0 Å². The quantitative estimate of drug-likeness (QED) is 0.729. The summed E-state index contributed by atoms with van der Waals surface area (Å²) in [5.74, 6) is 0. The van der Waals surface area contributed by atoms with Gasteiger partial charge >= 0.3 is 0 Å². The molecular weight excluding hydrogens is 239 g/mol. The molecule has 2 rings (SSSR count). The predicted molar refractivity (Wildman–Crippen MR) is 61.5 cm³/mol. The van der Waals surface area contributed by atoms with E-state index in [1.807, 2.05) is 11.4 Å². The lowest BCUT2D eigenvalue weighted by atomic mass is 10.1. The molecule has 78 valence electrons. The van der Waals surface area contributed by atoms with Crippen molar-refractivity contribution in [2.75, 3.05) is 6.61 Å². The van der Waals surface area contributed by atoms with Crippen LogP contribution in [0.1, 0.15) is 29.5 Å². The lowest BCUT2D eigenvalue weighted by molar-refractivity contribution is 0.103. The van der Waals surface area contributed by atoms with Crippen LogP contribution in [0.5, 0.6) is 0 Å². The molecular formula is C10H12Cl2OS. The Morgan fingerprint density at radius 1 is 1.64 bits per heavy atom. The highest BCUT2D eigenvalue weighted by atomic mass is 35.5. The van der Waals surface area contributed by atoms with Crippen LogP contribution >= 0.6 is 34.5 Å². The maximum Gasteiger partial charge on any atom is 0.0718 e. The zero-order valence-corrected chi connectivity index (χ0v) is 10.0. The first-order valence-corrected chi connectivity index (χ1v) is 6.45. The number of alkyl halides is 1. The van der Waals surface area contributed by atoms with Crippen molar-refractivity contribution in [3.05, 3.63) is 21.3 Å². The summed E-state index contributed by atoms with van der Waals surface area (Å²) in [6, 6.07) is 1.90. The molecule has 0 N–H and O–H groups in total. The second-order valence-corrected chi connectivity index (χ2v) is 5.35. The van der Waals surface area contributed by atoms with Gasteiger partial charge in [-0.05, 0) is 30.7 Å². The van der Waals surface area contributed by atoms with Gasteiger partial charge in [0, 0.05) is 11.5 Å². The van der Waals surface area contributed by atoms with Crippen LogP contribution < -0.4 is 0 Å². The maximum atomic E-state index is 6.28. The van der Waals surface area contributed by atoms with E-state index in [2.05, 4.69) is 0 Å². The van der Waals surface area contributed by atoms with Crippen LogP contribution in [0.3, 0.4) is 0 Å². The van der Waals surface area contributed by atoms with Crippen molar-refractivity contribution >= 4 is 34.5 Å². The van der Waals surface area contributed by atoms with E-state index in [1.165, 1.54) is 0 Å². The molecule has 1 saturated heterocycles. The lowest BCUT2D eigenvalue weighted by Crippen LogP contribution is -2.07. The van der Waals surface area contributed by atoms with Crippen LogP contribution in [0.4, 0.5) is 0 Å². The molecule has 0 aromatic carbocycles. The third kappa shape index (κ3) is 2.43. The first-order valence-electron chi connectivity index (χ1n) is 4.76. The van der Waals surface area contributed by atoms with Crippen molar-refractivity contribution in [1.82, 2.24) is 0 Å². The van der Waals surface area contributed by atoms with Crippen LogP contribution in [0, 0.1) is 0 Å². The summed E-state index contributed by atoms with van der Waals surface area (Å²) in [4.78, 5) is 1.07. The summed E-state index contributed by atoms with van der Waals surface area (Å²) in [5.41, 5.74) is 0. The van der Waals surface area contributed by atoms with Gasteiger partial charge in [0.2, 0.25) is 0 Å². The molecule has 1 fully saturated rings. The highest BCUT2D eigenvalue weighted by molar-refractivity contribution is 7.11. The Morgan fingerprint density at radius 2 is 2.50 bits per heavy atom. The Bertz CT molecular complexity index is 294. The van der Waals surface area contributed by atoms with Gasteiger partial charge in [0.1, 0.15) is 0 Å². The molecule has 2 atom stereocenters. The van der Waals surface area contributed by atoms with Crippen LogP contribution in [0.15, 0.2) is 11.4 Å². The second kappa shape index (κ2) is 4.84. The Hall–Kier alpha value is 0.240. The Morgan fingerprint density at radius 3 is 3.07 bits per heavy atom. The van der Waals surface area contributed by atoms with Crippen LogP contribution in [0.25, 0.3) is 0 Å². The zero-order valence-electron chi connectivity index (χ0n) is 7.71. The Labute approximate surface area is 98.0 Å². The van der Waals surface area contributed by atoms with Crippen molar-refractivity contribution in [2.45, 2.75) is 30.7 Å². The standard InChI is InChI=1S/C10H12Cl2OS/c11-8-3-5-14-10(8)9(12)6-7-2-1-4-13-7/h3,5,7,9H,1-2,4,6H2. The van der Waals surface area contributed by atoms with Crippen molar-refractivity contribution in [3.8, 4) is 0 Å². The first kappa shape index (κ1) is 10.7. The average Bonchev–Trinajstić information content (AvgIpc) is 2.75. The largest absolute Gasteiger partial charge is 0.378 e. The molecule has 1 aromatic heterocycles. The molecule has 0 saturated carbocycles. The second-order valence-electron chi connectivity index (χ2n) is 3.47. The van der Waals surface area contributed by atoms with Gasteiger partial charge in [0.05, 0.1) is 16.5 Å². The molecule has 1 nitrogen and oxygen atoms in total. The summed E-state index contributed by atoms with van der Waals surface area (Å²) in [5, 5.41) is 2.77. The molecule has 1 aromatic rings. The van der Waals surface area contributed by atoms with Gasteiger partial charge < -0.3 is 4.74 Å². The summed E-state index contributed by atoms with van der Waals surface area (Å²) < 4.78 is 5.54.